The first kappa shape index (κ1) is 15.4. The molecule has 0 radical (unpaired) electrons. The summed E-state index contributed by atoms with van der Waals surface area (Å²) in [5.41, 5.74) is 1.19. The lowest BCUT2D eigenvalue weighted by Gasteiger charge is -2.57. The molecule has 0 heterocycles. The van der Waals surface area contributed by atoms with Crippen LogP contribution >= 0.6 is 0 Å². The van der Waals surface area contributed by atoms with E-state index >= 15 is 0 Å². The lowest BCUT2D eigenvalue weighted by molar-refractivity contribution is -0.111. The van der Waals surface area contributed by atoms with Gasteiger partial charge in [-0.2, -0.15) is 0 Å². The number of rotatable bonds is 2. The third kappa shape index (κ3) is 1.93. The van der Waals surface area contributed by atoms with Crippen LogP contribution in [0, 0.1) is 34.5 Å². The molecule has 3 fully saturated rings. The molecular formula is C21H27FO. The highest BCUT2D eigenvalue weighted by atomic mass is 19.1. The zero-order chi connectivity index (χ0) is 16.2. The Balaban J connectivity index is 1.70. The van der Waals surface area contributed by atoms with E-state index in [4.69, 9.17) is 0 Å². The Labute approximate surface area is 138 Å². The summed E-state index contributed by atoms with van der Waals surface area (Å²) >= 11 is 0. The fourth-order valence-electron chi connectivity index (χ4n) is 6.67. The summed E-state index contributed by atoms with van der Waals surface area (Å²) < 4.78 is 14.2. The molecule has 4 rings (SSSR count). The molecule has 0 bridgehead atoms. The van der Waals surface area contributed by atoms with Crippen LogP contribution in [0.5, 0.6) is 0 Å². The number of hydrogen-bond acceptors (Lipinski definition) is 1. The van der Waals surface area contributed by atoms with Crippen molar-refractivity contribution in [1.29, 1.82) is 0 Å². The Bertz CT molecular complexity index is 603. The number of carbonyl (C=O) groups excluding carboxylic acids is 1. The van der Waals surface area contributed by atoms with Crippen molar-refractivity contribution in [2.75, 3.05) is 6.67 Å². The summed E-state index contributed by atoms with van der Waals surface area (Å²) in [6, 6.07) is 0. The van der Waals surface area contributed by atoms with Gasteiger partial charge in [-0.25, -0.2) is 0 Å². The number of hydrogen-bond donors (Lipinski definition) is 0. The normalized spacial score (nSPS) is 48.3. The van der Waals surface area contributed by atoms with Crippen molar-refractivity contribution in [3.8, 4) is 0 Å². The van der Waals surface area contributed by atoms with E-state index in [1.54, 1.807) is 6.08 Å². The van der Waals surface area contributed by atoms with Crippen molar-refractivity contribution >= 4 is 5.78 Å². The molecular weight excluding hydrogens is 287 g/mol. The van der Waals surface area contributed by atoms with Crippen molar-refractivity contribution in [1.82, 2.24) is 0 Å². The van der Waals surface area contributed by atoms with Gasteiger partial charge in [-0.15, -0.1) is 6.58 Å². The maximum absolute atomic E-state index is 14.2. The molecule has 0 aromatic carbocycles. The zero-order valence-electron chi connectivity index (χ0n) is 14.1. The maximum atomic E-state index is 14.2. The highest BCUT2D eigenvalue weighted by molar-refractivity contribution is 6.01. The molecule has 4 aliphatic carbocycles. The molecule has 0 N–H and O–H groups in total. The minimum atomic E-state index is -0.189. The summed E-state index contributed by atoms with van der Waals surface area (Å²) in [5, 5.41) is 0. The Hall–Kier alpha value is -1.18. The van der Waals surface area contributed by atoms with Gasteiger partial charge in [0.2, 0.25) is 0 Å². The molecule has 0 aromatic heterocycles. The highest BCUT2D eigenvalue weighted by Crippen LogP contribution is 2.66. The fourth-order valence-corrected chi connectivity index (χ4v) is 6.67. The Kier molecular flexibility index (Phi) is 3.44. The van der Waals surface area contributed by atoms with E-state index < -0.39 is 0 Å². The van der Waals surface area contributed by atoms with Gasteiger partial charge in [-0.1, -0.05) is 24.6 Å². The molecule has 124 valence electrons. The SMILES string of the molecule is C=C[C@@H]1CC[C@H]2[C@@H]3CCC4=CC(=O)C=C[C@]4(C)[C@H]3CC[C@]12CF. The van der Waals surface area contributed by atoms with Crippen molar-refractivity contribution in [3.63, 3.8) is 0 Å². The predicted molar refractivity (Wildman–Crippen MR) is 90.6 cm³/mol. The third-order valence-corrected chi connectivity index (χ3v) is 7.87. The van der Waals surface area contributed by atoms with E-state index in [-0.39, 0.29) is 23.3 Å². The molecule has 0 spiro atoms. The molecule has 0 unspecified atom stereocenters. The molecule has 0 aromatic rings. The molecule has 0 aliphatic heterocycles. The van der Waals surface area contributed by atoms with E-state index in [1.165, 1.54) is 5.57 Å². The first-order valence-corrected chi connectivity index (χ1v) is 9.18. The second-order valence-corrected chi connectivity index (χ2v) is 8.43. The number of halogens is 1. The smallest absolute Gasteiger partial charge is 0.178 e. The minimum absolute atomic E-state index is 0.0194. The summed E-state index contributed by atoms with van der Waals surface area (Å²) in [6.45, 7) is 6.11. The summed E-state index contributed by atoms with van der Waals surface area (Å²) in [6.07, 6.45) is 14.3. The predicted octanol–water partition coefficient (Wildman–Crippen LogP) is 5.05. The van der Waals surface area contributed by atoms with Gasteiger partial charge in [0.05, 0.1) is 6.67 Å². The van der Waals surface area contributed by atoms with Crippen LogP contribution in [0.15, 0.2) is 36.5 Å². The van der Waals surface area contributed by atoms with Gasteiger partial charge in [0.15, 0.2) is 5.78 Å². The average Bonchev–Trinajstić information content (AvgIpc) is 2.94. The van der Waals surface area contributed by atoms with Crippen LogP contribution in [0.25, 0.3) is 0 Å². The van der Waals surface area contributed by atoms with Gasteiger partial charge < -0.3 is 0 Å². The quantitative estimate of drug-likeness (QED) is 0.652. The van der Waals surface area contributed by atoms with Gasteiger partial charge in [-0.05, 0) is 74.3 Å². The Morgan fingerprint density at radius 2 is 2.13 bits per heavy atom. The van der Waals surface area contributed by atoms with Gasteiger partial charge in [0, 0.05) is 10.8 Å². The van der Waals surface area contributed by atoms with Gasteiger partial charge >= 0.3 is 0 Å². The molecule has 6 atom stereocenters. The third-order valence-electron chi connectivity index (χ3n) is 7.87. The fraction of sp³-hybridized carbons (Fsp3) is 0.667. The molecule has 0 saturated heterocycles. The van der Waals surface area contributed by atoms with E-state index in [0.29, 0.717) is 23.7 Å². The van der Waals surface area contributed by atoms with Crippen molar-refractivity contribution in [2.45, 2.75) is 45.4 Å². The van der Waals surface area contributed by atoms with E-state index in [0.717, 1.165) is 38.5 Å². The van der Waals surface area contributed by atoms with Crippen LogP contribution in [0.3, 0.4) is 0 Å². The van der Waals surface area contributed by atoms with Crippen LogP contribution in [-0.2, 0) is 4.79 Å². The monoisotopic (exact) mass is 314 g/mol. The van der Waals surface area contributed by atoms with E-state index in [9.17, 15) is 9.18 Å². The van der Waals surface area contributed by atoms with Crippen molar-refractivity contribution < 1.29 is 9.18 Å². The second-order valence-electron chi connectivity index (χ2n) is 8.43. The van der Waals surface area contributed by atoms with Gasteiger partial charge in [-0.3, -0.25) is 9.18 Å². The second kappa shape index (κ2) is 5.16. The summed E-state index contributed by atoms with van der Waals surface area (Å²) in [7, 11) is 0. The van der Waals surface area contributed by atoms with Gasteiger partial charge in [0.1, 0.15) is 0 Å². The first-order valence-electron chi connectivity index (χ1n) is 9.18. The molecule has 3 saturated carbocycles. The van der Waals surface area contributed by atoms with Crippen LogP contribution in [-0.4, -0.2) is 12.5 Å². The largest absolute Gasteiger partial charge is 0.290 e. The number of ketones is 1. The zero-order valence-corrected chi connectivity index (χ0v) is 14.1. The van der Waals surface area contributed by atoms with E-state index in [2.05, 4.69) is 19.6 Å². The number of carbonyl (C=O) groups is 1. The van der Waals surface area contributed by atoms with Crippen molar-refractivity contribution in [3.05, 3.63) is 36.5 Å². The van der Waals surface area contributed by atoms with Crippen LogP contribution in [0.4, 0.5) is 4.39 Å². The van der Waals surface area contributed by atoms with Crippen LogP contribution < -0.4 is 0 Å². The molecule has 0 amide bonds. The summed E-state index contributed by atoms with van der Waals surface area (Å²) in [4.78, 5) is 11.8. The van der Waals surface area contributed by atoms with Crippen molar-refractivity contribution in [2.24, 2.45) is 34.5 Å². The summed E-state index contributed by atoms with van der Waals surface area (Å²) in [5.74, 6) is 2.16. The van der Waals surface area contributed by atoms with Gasteiger partial charge in [0.25, 0.3) is 0 Å². The lowest BCUT2D eigenvalue weighted by Crippen LogP contribution is -2.51. The molecule has 2 heteroatoms. The topological polar surface area (TPSA) is 17.1 Å². The molecule has 4 aliphatic rings. The number of fused-ring (bicyclic) bond motifs is 5. The Morgan fingerprint density at radius 3 is 2.87 bits per heavy atom. The molecule has 23 heavy (non-hydrogen) atoms. The Morgan fingerprint density at radius 1 is 1.30 bits per heavy atom. The van der Waals surface area contributed by atoms with Crippen LogP contribution in [0.1, 0.15) is 45.4 Å². The maximum Gasteiger partial charge on any atom is 0.178 e. The highest BCUT2D eigenvalue weighted by Gasteiger charge is 2.59. The first-order chi connectivity index (χ1) is 11.0. The lowest BCUT2D eigenvalue weighted by atomic mass is 9.47. The number of allylic oxidation sites excluding steroid dienone is 5. The number of alkyl halides is 1. The van der Waals surface area contributed by atoms with Crippen LogP contribution in [0.2, 0.25) is 0 Å². The minimum Gasteiger partial charge on any atom is -0.290 e. The molecule has 1 nitrogen and oxygen atoms in total. The average molecular weight is 314 g/mol. The van der Waals surface area contributed by atoms with E-state index in [1.807, 2.05) is 12.2 Å². The standard InChI is InChI=1S/C21H27FO/c1-3-14-5-7-19-17-6-4-15-12-16(23)8-10-20(15,2)18(17)9-11-21(14,19)13-22/h3,8,10,12,14,17-19H,1,4-7,9,11,13H2,2H3/t14-,17-,18+,19+,20+,21+/m1/s1.